The van der Waals surface area contributed by atoms with E-state index < -0.39 is 53.2 Å². The van der Waals surface area contributed by atoms with Crippen molar-refractivity contribution in [3.8, 4) is 5.75 Å². The van der Waals surface area contributed by atoms with Crippen molar-refractivity contribution >= 4 is 40.8 Å². The lowest BCUT2D eigenvalue weighted by molar-refractivity contribution is -0.141. The Morgan fingerprint density at radius 2 is 1.77 bits per heavy atom. The first-order valence-electron chi connectivity index (χ1n) is 13.6. The topological polar surface area (TPSA) is 108 Å². The summed E-state index contributed by atoms with van der Waals surface area (Å²) in [5, 5.41) is 11.7. The molecule has 2 aromatic rings. The first-order valence-corrected chi connectivity index (χ1v) is 13.9. The van der Waals surface area contributed by atoms with Crippen LogP contribution in [0.3, 0.4) is 0 Å². The number of imide groups is 1. The third kappa shape index (κ3) is 4.40. The van der Waals surface area contributed by atoms with Gasteiger partial charge in [-0.2, -0.15) is 18.2 Å². The van der Waals surface area contributed by atoms with E-state index in [1.165, 1.54) is 19.2 Å². The average Bonchev–Trinajstić information content (AvgIpc) is 3.21. The van der Waals surface area contributed by atoms with Gasteiger partial charge in [0.05, 0.1) is 16.9 Å². The van der Waals surface area contributed by atoms with E-state index in [1.54, 1.807) is 26.0 Å². The van der Waals surface area contributed by atoms with Gasteiger partial charge in [-0.25, -0.2) is 4.98 Å². The van der Waals surface area contributed by atoms with E-state index in [1.807, 2.05) is 6.08 Å². The van der Waals surface area contributed by atoms with E-state index in [9.17, 15) is 37.5 Å². The van der Waals surface area contributed by atoms with Crippen molar-refractivity contribution in [2.45, 2.75) is 38.8 Å². The van der Waals surface area contributed by atoms with Crippen molar-refractivity contribution in [1.29, 1.82) is 0 Å². The van der Waals surface area contributed by atoms with Crippen LogP contribution in [0.5, 0.6) is 5.75 Å². The normalized spacial score (nSPS) is 25.3. The number of ketones is 2. The molecule has 12 heteroatoms. The number of allylic oxidation sites excluding steroid dienone is 6. The highest BCUT2D eigenvalue weighted by molar-refractivity contribution is 6.33. The number of hydrazine groups is 1. The number of carbonyl (C=O) groups excluding carboxylic acids is 4. The van der Waals surface area contributed by atoms with Crippen LogP contribution in [0, 0.1) is 24.7 Å². The van der Waals surface area contributed by atoms with Crippen LogP contribution < -0.4 is 5.01 Å². The van der Waals surface area contributed by atoms with Crippen molar-refractivity contribution in [2.75, 3.05) is 12.1 Å². The van der Waals surface area contributed by atoms with Gasteiger partial charge in [-0.05, 0) is 68.0 Å². The van der Waals surface area contributed by atoms with Gasteiger partial charge in [0, 0.05) is 29.7 Å². The van der Waals surface area contributed by atoms with E-state index in [0.717, 1.165) is 16.1 Å². The van der Waals surface area contributed by atoms with Crippen molar-refractivity contribution in [3.05, 3.63) is 86.6 Å². The maximum Gasteiger partial charge on any atom is 0.433 e. The summed E-state index contributed by atoms with van der Waals surface area (Å²) in [6, 6.07) is 6.61. The van der Waals surface area contributed by atoms with Crippen molar-refractivity contribution in [2.24, 2.45) is 17.8 Å². The van der Waals surface area contributed by atoms with Crippen LogP contribution in [0.4, 0.5) is 19.0 Å². The Kier molecular flexibility index (Phi) is 6.64. The first kappa shape index (κ1) is 28.9. The number of phenolic OH excluding ortho intramolecular Hbond substituents is 1. The fourth-order valence-corrected chi connectivity index (χ4v) is 7.04. The smallest absolute Gasteiger partial charge is 0.433 e. The number of hydrogen-bond donors (Lipinski definition) is 1. The summed E-state index contributed by atoms with van der Waals surface area (Å²) >= 11 is 6.18. The van der Waals surface area contributed by atoms with E-state index in [4.69, 9.17) is 11.6 Å². The molecule has 3 aliphatic carbocycles. The van der Waals surface area contributed by atoms with E-state index in [2.05, 4.69) is 4.98 Å². The highest BCUT2D eigenvalue weighted by Gasteiger charge is 2.57. The van der Waals surface area contributed by atoms with Gasteiger partial charge in [-0.3, -0.25) is 24.2 Å². The number of benzene rings is 1. The average molecular weight is 612 g/mol. The summed E-state index contributed by atoms with van der Waals surface area (Å²) in [6.07, 6.45) is -1.46. The maximum atomic E-state index is 14.1. The Balaban J connectivity index is 1.43. The molecule has 1 aromatic carbocycles. The number of nitrogens with zero attached hydrogens (tertiary/aromatic N) is 3. The van der Waals surface area contributed by atoms with E-state index in [-0.39, 0.29) is 46.3 Å². The zero-order valence-corrected chi connectivity index (χ0v) is 24.0. The number of phenols is 1. The number of fused-ring (bicyclic) bond motifs is 3. The van der Waals surface area contributed by atoms with E-state index in [0.29, 0.717) is 28.3 Å². The Labute approximate surface area is 249 Å². The van der Waals surface area contributed by atoms with Gasteiger partial charge in [-0.15, -0.1) is 0 Å². The molecule has 2 amide bonds. The summed E-state index contributed by atoms with van der Waals surface area (Å²) in [6.45, 7) is 3.25. The molecule has 0 radical (unpaired) electrons. The van der Waals surface area contributed by atoms with Gasteiger partial charge in [0.15, 0.2) is 17.4 Å². The number of aromatic hydroxyl groups is 1. The summed E-state index contributed by atoms with van der Waals surface area (Å²) < 4.78 is 40.2. The summed E-state index contributed by atoms with van der Waals surface area (Å²) in [5.41, 5.74) is 1.54. The minimum absolute atomic E-state index is 0.0464. The minimum atomic E-state index is -4.78. The second-order valence-corrected chi connectivity index (χ2v) is 11.7. The molecule has 1 fully saturated rings. The van der Waals surface area contributed by atoms with Gasteiger partial charge >= 0.3 is 6.18 Å². The van der Waals surface area contributed by atoms with Gasteiger partial charge in [-0.1, -0.05) is 35.4 Å². The molecule has 6 rings (SSSR count). The number of amides is 2. The standard InChI is InChI=1S/C31H25ClF3N3O5/c1-13-10-15(4-8-21(13)39)24-16-5-6-17-25(18(16)12-19-26(24)22(40)11-14(2)27(19)41)30(43)38(29(17)42)37(3)28-20(32)7-9-23(36-28)31(33,34)35/h4-5,7-11,17-18,24-25,39H,6,12H2,1-3H3. The fraction of sp³-hybridized carbons (Fsp3) is 0.323. The first-order chi connectivity index (χ1) is 20.2. The number of rotatable bonds is 3. The third-order valence-electron chi connectivity index (χ3n) is 8.82. The summed E-state index contributed by atoms with van der Waals surface area (Å²) in [5.74, 6) is -5.38. The molecule has 4 aliphatic rings. The number of carbonyl (C=O) groups is 4. The predicted molar refractivity (Wildman–Crippen MR) is 149 cm³/mol. The summed E-state index contributed by atoms with van der Waals surface area (Å²) in [4.78, 5) is 58.1. The molecule has 1 aromatic heterocycles. The highest BCUT2D eigenvalue weighted by Crippen LogP contribution is 2.55. The fourth-order valence-electron chi connectivity index (χ4n) is 6.81. The lowest BCUT2D eigenvalue weighted by Gasteiger charge is -2.42. The highest BCUT2D eigenvalue weighted by atomic mass is 35.5. The molecule has 2 heterocycles. The molecule has 0 saturated carbocycles. The molecule has 1 aliphatic heterocycles. The predicted octanol–water partition coefficient (Wildman–Crippen LogP) is 5.25. The SMILES string of the molecule is CC1=CC(=O)C2=C(CC3C(=CCC4C(=O)N(N(C)c5nc(C(F)(F)F)ccc5Cl)C(=O)C43)C2c2ccc(O)c(C)c2)C1=O. The zero-order chi connectivity index (χ0) is 31.1. The molecule has 1 N–H and O–H groups in total. The lowest BCUT2D eigenvalue weighted by atomic mass is 9.59. The largest absolute Gasteiger partial charge is 0.508 e. The Morgan fingerprint density at radius 3 is 2.44 bits per heavy atom. The zero-order valence-electron chi connectivity index (χ0n) is 23.2. The van der Waals surface area contributed by atoms with Crippen LogP contribution in [0.15, 0.2) is 64.8 Å². The number of pyridine rings is 1. The second-order valence-electron chi connectivity index (χ2n) is 11.3. The van der Waals surface area contributed by atoms with Crippen molar-refractivity contribution in [1.82, 2.24) is 9.99 Å². The van der Waals surface area contributed by atoms with Crippen LogP contribution in [-0.2, 0) is 25.4 Å². The van der Waals surface area contributed by atoms with Crippen molar-refractivity contribution in [3.63, 3.8) is 0 Å². The molecule has 8 nitrogen and oxygen atoms in total. The number of Topliss-reactive ketones (excluding diaryl/α,β-unsaturated/α-hetero) is 1. The Hall–Kier alpha value is -4.25. The molecular formula is C31H25ClF3N3O5. The molecule has 43 heavy (non-hydrogen) atoms. The van der Waals surface area contributed by atoms with Gasteiger partial charge < -0.3 is 5.11 Å². The summed E-state index contributed by atoms with van der Waals surface area (Å²) in [7, 11) is 1.25. The number of aryl methyl sites for hydroxylation is 1. The molecule has 4 unspecified atom stereocenters. The molecular weight excluding hydrogens is 587 g/mol. The maximum absolute atomic E-state index is 14.1. The third-order valence-corrected chi connectivity index (χ3v) is 9.11. The monoisotopic (exact) mass is 611 g/mol. The van der Waals surface area contributed by atoms with Crippen molar-refractivity contribution < 1.29 is 37.5 Å². The Morgan fingerprint density at radius 1 is 1.05 bits per heavy atom. The van der Waals surface area contributed by atoms with Gasteiger partial charge in [0.2, 0.25) is 0 Å². The number of aromatic nitrogens is 1. The molecule has 4 atom stereocenters. The van der Waals surface area contributed by atoms with Crippen LogP contribution >= 0.6 is 11.6 Å². The Bertz CT molecular complexity index is 1740. The minimum Gasteiger partial charge on any atom is -0.508 e. The van der Waals surface area contributed by atoms with Crippen LogP contribution in [0.1, 0.15) is 42.5 Å². The number of halogens is 4. The molecule has 0 bridgehead atoms. The van der Waals surface area contributed by atoms with Crippen LogP contribution in [0.25, 0.3) is 0 Å². The lowest BCUT2D eigenvalue weighted by Crippen LogP contribution is -2.46. The van der Waals surface area contributed by atoms with Gasteiger partial charge in [0.1, 0.15) is 11.4 Å². The van der Waals surface area contributed by atoms with Crippen LogP contribution in [-0.4, -0.2) is 45.5 Å². The van der Waals surface area contributed by atoms with Crippen LogP contribution in [0.2, 0.25) is 5.02 Å². The second kappa shape index (κ2) is 9.90. The quantitative estimate of drug-likeness (QED) is 0.287. The number of hydrogen-bond acceptors (Lipinski definition) is 7. The van der Waals surface area contributed by atoms with Gasteiger partial charge in [0.25, 0.3) is 11.8 Å². The number of alkyl halides is 3. The molecule has 0 spiro atoms. The van der Waals surface area contributed by atoms with E-state index >= 15 is 0 Å². The molecule has 1 saturated heterocycles. The number of anilines is 1. The molecule has 222 valence electrons.